The van der Waals surface area contributed by atoms with E-state index >= 15 is 0 Å². The van der Waals surface area contributed by atoms with E-state index in [1.807, 2.05) is 24.3 Å². The van der Waals surface area contributed by atoms with Gasteiger partial charge in [-0.15, -0.1) is 0 Å². The van der Waals surface area contributed by atoms with Crippen molar-refractivity contribution in [1.29, 1.82) is 0 Å². The zero-order valence-electron chi connectivity index (χ0n) is 11.8. The number of para-hydroxylation sites is 1. The van der Waals surface area contributed by atoms with Crippen molar-refractivity contribution in [3.8, 4) is 5.69 Å². The molecule has 0 spiro atoms. The third kappa shape index (κ3) is 2.20. The van der Waals surface area contributed by atoms with Crippen LogP contribution in [0.25, 0.3) is 16.7 Å². The lowest BCUT2D eigenvalue weighted by atomic mass is 10.3. The highest BCUT2D eigenvalue weighted by Gasteiger charge is 2.18. The van der Waals surface area contributed by atoms with Crippen LogP contribution in [-0.2, 0) is 4.74 Å². The first-order valence-corrected chi connectivity index (χ1v) is 7.49. The van der Waals surface area contributed by atoms with Gasteiger partial charge in [-0.25, -0.2) is 14.6 Å². The summed E-state index contributed by atoms with van der Waals surface area (Å²) in [6.45, 7) is 3.07. The average Bonchev–Trinajstić information content (AvgIpc) is 3.00. The van der Waals surface area contributed by atoms with Gasteiger partial charge in [0.25, 0.3) is 0 Å². The number of fused-ring (bicyclic) bond motifs is 1. The molecule has 1 fully saturated rings. The van der Waals surface area contributed by atoms with Crippen LogP contribution in [-0.4, -0.2) is 46.1 Å². The molecule has 22 heavy (non-hydrogen) atoms. The summed E-state index contributed by atoms with van der Waals surface area (Å²) in [5.41, 5.74) is 1.57. The number of rotatable bonds is 2. The van der Waals surface area contributed by atoms with Crippen molar-refractivity contribution in [2.75, 3.05) is 31.2 Å². The minimum atomic E-state index is 0.638. The Balaban J connectivity index is 1.85. The highest BCUT2D eigenvalue weighted by Crippen LogP contribution is 2.27. The van der Waals surface area contributed by atoms with Crippen LogP contribution in [0.1, 0.15) is 0 Å². The standard InChI is InChI=1S/C15H14ClN5O/c16-12-3-1-2-4-13(12)21-15-11(9-19-21)14(17-10-18-15)20-5-7-22-8-6-20/h1-4,9-10H,5-8H2. The van der Waals surface area contributed by atoms with Gasteiger partial charge in [-0.1, -0.05) is 23.7 Å². The van der Waals surface area contributed by atoms with Crippen LogP contribution < -0.4 is 4.90 Å². The molecule has 0 saturated carbocycles. The SMILES string of the molecule is Clc1ccccc1-n1ncc2c(N3CCOCC3)ncnc21. The lowest BCUT2D eigenvalue weighted by molar-refractivity contribution is 0.122. The number of hydrogen-bond donors (Lipinski definition) is 0. The molecule has 112 valence electrons. The van der Waals surface area contributed by atoms with Gasteiger partial charge >= 0.3 is 0 Å². The fourth-order valence-corrected chi connectivity index (χ4v) is 2.87. The molecule has 4 rings (SSSR count). The normalized spacial score (nSPS) is 15.4. The molecule has 1 saturated heterocycles. The van der Waals surface area contributed by atoms with E-state index in [9.17, 15) is 0 Å². The predicted molar refractivity (Wildman–Crippen MR) is 84.7 cm³/mol. The summed E-state index contributed by atoms with van der Waals surface area (Å²) in [6, 6.07) is 7.59. The number of nitrogens with zero attached hydrogens (tertiary/aromatic N) is 5. The lowest BCUT2D eigenvalue weighted by Crippen LogP contribution is -2.36. The summed E-state index contributed by atoms with van der Waals surface area (Å²) in [5, 5.41) is 6.01. The van der Waals surface area contributed by atoms with Gasteiger partial charge < -0.3 is 9.64 Å². The summed E-state index contributed by atoms with van der Waals surface area (Å²) in [7, 11) is 0. The quantitative estimate of drug-likeness (QED) is 0.726. The van der Waals surface area contributed by atoms with Crippen LogP contribution in [0, 0.1) is 0 Å². The molecule has 0 unspecified atom stereocenters. The number of morpholine rings is 1. The van der Waals surface area contributed by atoms with Crippen LogP contribution in [0.5, 0.6) is 0 Å². The van der Waals surface area contributed by atoms with Crippen molar-refractivity contribution in [2.45, 2.75) is 0 Å². The van der Waals surface area contributed by atoms with Gasteiger partial charge in [0, 0.05) is 13.1 Å². The Morgan fingerprint density at radius 1 is 1.09 bits per heavy atom. The number of aromatic nitrogens is 4. The summed E-state index contributed by atoms with van der Waals surface area (Å²) >= 11 is 6.27. The van der Waals surface area contributed by atoms with Gasteiger partial charge in [-0.05, 0) is 12.1 Å². The molecule has 0 N–H and O–H groups in total. The van der Waals surface area contributed by atoms with Gasteiger partial charge in [0.05, 0.1) is 35.5 Å². The number of hydrogen-bond acceptors (Lipinski definition) is 5. The molecular weight excluding hydrogens is 302 g/mol. The van der Waals surface area contributed by atoms with Crippen molar-refractivity contribution in [3.05, 3.63) is 41.8 Å². The van der Waals surface area contributed by atoms with E-state index in [4.69, 9.17) is 16.3 Å². The molecule has 1 aromatic carbocycles. The van der Waals surface area contributed by atoms with Crippen molar-refractivity contribution < 1.29 is 4.74 Å². The fourth-order valence-electron chi connectivity index (χ4n) is 2.66. The minimum absolute atomic E-state index is 0.638. The Kier molecular flexibility index (Phi) is 3.40. The molecule has 2 aromatic heterocycles. The lowest BCUT2D eigenvalue weighted by Gasteiger charge is -2.27. The predicted octanol–water partition coefficient (Wildman–Crippen LogP) is 2.31. The van der Waals surface area contributed by atoms with E-state index in [2.05, 4.69) is 20.0 Å². The Morgan fingerprint density at radius 3 is 2.73 bits per heavy atom. The van der Waals surface area contributed by atoms with Crippen molar-refractivity contribution in [1.82, 2.24) is 19.7 Å². The molecule has 0 radical (unpaired) electrons. The van der Waals surface area contributed by atoms with Gasteiger partial charge in [-0.3, -0.25) is 0 Å². The molecule has 3 heterocycles. The largest absolute Gasteiger partial charge is 0.378 e. The molecule has 0 atom stereocenters. The maximum Gasteiger partial charge on any atom is 0.168 e. The zero-order valence-corrected chi connectivity index (χ0v) is 12.6. The maximum absolute atomic E-state index is 6.27. The highest BCUT2D eigenvalue weighted by atomic mass is 35.5. The number of ether oxygens (including phenoxy) is 1. The van der Waals surface area contributed by atoms with Gasteiger partial charge in [0.2, 0.25) is 0 Å². The van der Waals surface area contributed by atoms with Crippen LogP contribution in [0.15, 0.2) is 36.8 Å². The number of anilines is 1. The third-order valence-corrected chi connectivity index (χ3v) is 4.06. The van der Waals surface area contributed by atoms with E-state index in [0.717, 1.165) is 35.6 Å². The molecule has 6 nitrogen and oxygen atoms in total. The molecule has 7 heteroatoms. The monoisotopic (exact) mass is 315 g/mol. The van der Waals surface area contributed by atoms with Gasteiger partial charge in [-0.2, -0.15) is 5.10 Å². The highest BCUT2D eigenvalue weighted by molar-refractivity contribution is 6.32. The smallest absolute Gasteiger partial charge is 0.168 e. The zero-order chi connectivity index (χ0) is 14.9. The molecule has 0 amide bonds. The first-order valence-electron chi connectivity index (χ1n) is 7.11. The molecular formula is C15H14ClN5O. The average molecular weight is 316 g/mol. The van der Waals surface area contributed by atoms with E-state index < -0.39 is 0 Å². The molecule has 1 aliphatic heterocycles. The number of benzene rings is 1. The van der Waals surface area contributed by atoms with E-state index in [0.29, 0.717) is 18.2 Å². The molecule has 1 aliphatic rings. The van der Waals surface area contributed by atoms with Crippen molar-refractivity contribution in [3.63, 3.8) is 0 Å². The fraction of sp³-hybridized carbons (Fsp3) is 0.267. The molecule has 0 bridgehead atoms. The number of halogens is 1. The topological polar surface area (TPSA) is 56.1 Å². The van der Waals surface area contributed by atoms with Crippen LogP contribution in [0.4, 0.5) is 5.82 Å². The van der Waals surface area contributed by atoms with E-state index in [-0.39, 0.29) is 0 Å². The summed E-state index contributed by atoms with van der Waals surface area (Å²) in [6.07, 6.45) is 3.37. The Labute approximate surface area is 132 Å². The van der Waals surface area contributed by atoms with Crippen LogP contribution in [0.3, 0.4) is 0 Å². The minimum Gasteiger partial charge on any atom is -0.378 e. The summed E-state index contributed by atoms with van der Waals surface area (Å²) < 4.78 is 7.15. The Morgan fingerprint density at radius 2 is 1.91 bits per heavy atom. The van der Waals surface area contributed by atoms with E-state index in [1.54, 1.807) is 17.2 Å². The summed E-state index contributed by atoms with van der Waals surface area (Å²) in [4.78, 5) is 11.0. The molecule has 3 aromatic rings. The second kappa shape index (κ2) is 5.55. The van der Waals surface area contributed by atoms with Crippen LogP contribution in [0.2, 0.25) is 5.02 Å². The molecule has 0 aliphatic carbocycles. The van der Waals surface area contributed by atoms with E-state index in [1.165, 1.54) is 0 Å². The van der Waals surface area contributed by atoms with Gasteiger partial charge in [0.1, 0.15) is 12.1 Å². The first-order chi connectivity index (χ1) is 10.8. The second-order valence-electron chi connectivity index (χ2n) is 5.04. The summed E-state index contributed by atoms with van der Waals surface area (Å²) in [5.74, 6) is 0.895. The first kappa shape index (κ1) is 13.5. The van der Waals surface area contributed by atoms with Gasteiger partial charge in [0.15, 0.2) is 5.65 Å². The second-order valence-corrected chi connectivity index (χ2v) is 5.45. The third-order valence-electron chi connectivity index (χ3n) is 3.74. The van der Waals surface area contributed by atoms with Crippen molar-refractivity contribution >= 4 is 28.5 Å². The Hall–Kier alpha value is -2.18. The Bertz CT molecular complexity index is 813. The maximum atomic E-state index is 6.27. The van der Waals surface area contributed by atoms with Crippen molar-refractivity contribution in [2.24, 2.45) is 0 Å². The van der Waals surface area contributed by atoms with Crippen LogP contribution >= 0.6 is 11.6 Å².